The maximum Gasteiger partial charge on any atom is 0.133 e. The van der Waals surface area contributed by atoms with Crippen LogP contribution in [0.1, 0.15) is 79.1 Å². The van der Waals surface area contributed by atoms with Gasteiger partial charge in [-0.1, -0.05) is 20.8 Å². The third-order valence-electron chi connectivity index (χ3n) is 9.49. The molecule has 4 aliphatic carbocycles. The number of aliphatic hydroxyl groups excluding tert-OH is 1. The summed E-state index contributed by atoms with van der Waals surface area (Å²) in [6.07, 6.45) is 9.45. The minimum atomic E-state index is -0.0609. The van der Waals surface area contributed by atoms with Gasteiger partial charge in [-0.3, -0.25) is 4.79 Å². The van der Waals surface area contributed by atoms with Crippen LogP contribution in [0.4, 0.5) is 0 Å². The molecule has 1 N–H and O–H groups in total. The maximum absolute atomic E-state index is 12.2. The first-order valence-corrected chi connectivity index (χ1v) is 10.5. The molecule has 9 atom stereocenters. The van der Waals surface area contributed by atoms with Crippen LogP contribution in [-0.2, 0) is 4.79 Å². The largest absolute Gasteiger partial charge is 0.393 e. The van der Waals surface area contributed by atoms with Crippen molar-refractivity contribution in [2.75, 3.05) is 0 Å². The molecule has 0 spiro atoms. The normalized spacial score (nSPS) is 57.0. The average molecular weight is 333 g/mol. The Labute approximate surface area is 147 Å². The van der Waals surface area contributed by atoms with Crippen molar-refractivity contribution in [1.82, 2.24) is 0 Å². The van der Waals surface area contributed by atoms with Crippen molar-refractivity contribution in [3.8, 4) is 0 Å². The van der Waals surface area contributed by atoms with Gasteiger partial charge < -0.3 is 5.11 Å². The molecule has 0 radical (unpaired) electrons. The van der Waals surface area contributed by atoms with Gasteiger partial charge in [-0.05, 0) is 98.7 Å². The summed E-state index contributed by atoms with van der Waals surface area (Å²) in [7, 11) is 0. The SMILES string of the molecule is CC(=O)[C@H]1CC[C@H]2[C@@H]3[C@@H](C)C[C@@H]4C[C@H](O)CC[C@]4(C)[C@H]3CC[C@]12C. The minimum absolute atomic E-state index is 0.0609. The molecule has 0 bridgehead atoms. The molecule has 0 saturated heterocycles. The van der Waals surface area contributed by atoms with Crippen LogP contribution in [0, 0.1) is 46.3 Å². The van der Waals surface area contributed by atoms with E-state index >= 15 is 0 Å². The Balaban J connectivity index is 1.66. The quantitative estimate of drug-likeness (QED) is 0.746. The molecule has 0 heterocycles. The number of hydrogen-bond donors (Lipinski definition) is 1. The summed E-state index contributed by atoms with van der Waals surface area (Å²) in [6.45, 7) is 9.30. The van der Waals surface area contributed by atoms with Crippen LogP contribution in [0.2, 0.25) is 0 Å². The Morgan fingerprint density at radius 1 is 0.958 bits per heavy atom. The van der Waals surface area contributed by atoms with E-state index in [-0.39, 0.29) is 11.5 Å². The zero-order valence-electron chi connectivity index (χ0n) is 16.1. The van der Waals surface area contributed by atoms with E-state index in [4.69, 9.17) is 0 Å². The standard InChI is InChI=1S/C22H36O2/c1-13-11-15-12-16(24)7-9-21(15,3)19-8-10-22(4)17(14(2)23)5-6-18(22)20(13)19/h13,15-20,24H,5-12H2,1-4H3/t13-,15+,16+,17+,18-,19-,20-,21-,22+/m0/s1. The minimum Gasteiger partial charge on any atom is -0.393 e. The number of carbonyl (C=O) groups is 1. The summed E-state index contributed by atoms with van der Waals surface area (Å²) in [5.41, 5.74) is 0.699. The number of carbonyl (C=O) groups excluding carboxylic acids is 1. The predicted molar refractivity (Wildman–Crippen MR) is 96.5 cm³/mol. The fourth-order valence-corrected chi connectivity index (χ4v) is 8.28. The molecule has 4 fully saturated rings. The van der Waals surface area contributed by atoms with Gasteiger partial charge in [-0.15, -0.1) is 0 Å². The second kappa shape index (κ2) is 5.56. The van der Waals surface area contributed by atoms with Gasteiger partial charge in [0.1, 0.15) is 5.78 Å². The molecule has 4 rings (SSSR count). The van der Waals surface area contributed by atoms with Crippen LogP contribution >= 0.6 is 0 Å². The van der Waals surface area contributed by atoms with E-state index in [1.54, 1.807) is 0 Å². The highest BCUT2D eigenvalue weighted by Gasteiger charge is 2.62. The molecule has 2 heteroatoms. The summed E-state index contributed by atoms with van der Waals surface area (Å²) in [4.78, 5) is 12.2. The Bertz CT molecular complexity index is 528. The summed E-state index contributed by atoms with van der Waals surface area (Å²) in [5, 5.41) is 10.2. The van der Waals surface area contributed by atoms with Crippen molar-refractivity contribution in [2.24, 2.45) is 46.3 Å². The summed E-state index contributed by atoms with van der Waals surface area (Å²) in [6, 6.07) is 0. The topological polar surface area (TPSA) is 37.3 Å². The van der Waals surface area contributed by atoms with E-state index in [9.17, 15) is 9.90 Å². The van der Waals surface area contributed by atoms with Gasteiger partial charge in [0.2, 0.25) is 0 Å². The zero-order chi connectivity index (χ0) is 17.3. The van der Waals surface area contributed by atoms with Crippen molar-refractivity contribution >= 4 is 5.78 Å². The molecule has 0 aromatic rings. The molecule has 0 aromatic carbocycles. The van der Waals surface area contributed by atoms with Crippen molar-refractivity contribution in [1.29, 1.82) is 0 Å². The second-order valence-electron chi connectivity index (χ2n) is 10.4. The van der Waals surface area contributed by atoms with Crippen LogP contribution in [0.5, 0.6) is 0 Å². The number of fused-ring (bicyclic) bond motifs is 5. The predicted octanol–water partition coefficient (Wildman–Crippen LogP) is 4.84. The Morgan fingerprint density at radius 2 is 1.62 bits per heavy atom. The van der Waals surface area contributed by atoms with Gasteiger partial charge in [0.05, 0.1) is 6.10 Å². The Hall–Kier alpha value is -0.370. The third kappa shape index (κ3) is 2.20. The highest BCUT2D eigenvalue weighted by atomic mass is 16.3. The van der Waals surface area contributed by atoms with Crippen LogP contribution < -0.4 is 0 Å². The van der Waals surface area contributed by atoms with Crippen molar-refractivity contribution in [3.05, 3.63) is 0 Å². The smallest absolute Gasteiger partial charge is 0.133 e. The molecule has 136 valence electrons. The van der Waals surface area contributed by atoms with Crippen LogP contribution in [0.25, 0.3) is 0 Å². The number of Topliss-reactive ketones (excluding diaryl/α,β-unsaturated/α-hetero) is 1. The summed E-state index contributed by atoms with van der Waals surface area (Å²) >= 11 is 0. The van der Waals surface area contributed by atoms with E-state index in [1.165, 1.54) is 32.1 Å². The van der Waals surface area contributed by atoms with E-state index in [2.05, 4.69) is 20.8 Å². The van der Waals surface area contributed by atoms with E-state index in [0.29, 0.717) is 23.0 Å². The first kappa shape index (κ1) is 17.1. The van der Waals surface area contributed by atoms with E-state index < -0.39 is 0 Å². The lowest BCUT2D eigenvalue weighted by Gasteiger charge is -2.62. The number of hydrogen-bond acceptors (Lipinski definition) is 2. The highest BCUT2D eigenvalue weighted by Crippen LogP contribution is 2.68. The lowest BCUT2D eigenvalue weighted by Crippen LogP contribution is -2.56. The molecule has 0 unspecified atom stereocenters. The van der Waals surface area contributed by atoms with Crippen LogP contribution in [0.3, 0.4) is 0 Å². The van der Waals surface area contributed by atoms with Crippen molar-refractivity contribution in [3.63, 3.8) is 0 Å². The van der Waals surface area contributed by atoms with Gasteiger partial charge in [0.15, 0.2) is 0 Å². The monoisotopic (exact) mass is 332 g/mol. The van der Waals surface area contributed by atoms with E-state index in [1.807, 2.05) is 6.92 Å². The Kier molecular flexibility index (Phi) is 3.95. The molecule has 24 heavy (non-hydrogen) atoms. The zero-order valence-corrected chi connectivity index (χ0v) is 16.1. The van der Waals surface area contributed by atoms with Gasteiger partial charge in [0, 0.05) is 5.92 Å². The van der Waals surface area contributed by atoms with Crippen molar-refractivity contribution in [2.45, 2.75) is 85.2 Å². The molecular weight excluding hydrogens is 296 g/mol. The lowest BCUT2D eigenvalue weighted by atomic mass is 9.42. The summed E-state index contributed by atoms with van der Waals surface area (Å²) < 4.78 is 0. The highest BCUT2D eigenvalue weighted by molar-refractivity contribution is 5.79. The fraction of sp³-hybridized carbons (Fsp3) is 0.955. The molecule has 4 saturated carbocycles. The third-order valence-corrected chi connectivity index (χ3v) is 9.49. The summed E-state index contributed by atoms with van der Waals surface area (Å²) in [5.74, 6) is 4.61. The van der Waals surface area contributed by atoms with Crippen LogP contribution in [-0.4, -0.2) is 17.0 Å². The van der Waals surface area contributed by atoms with E-state index in [0.717, 1.165) is 42.9 Å². The van der Waals surface area contributed by atoms with Gasteiger partial charge >= 0.3 is 0 Å². The number of rotatable bonds is 1. The van der Waals surface area contributed by atoms with Crippen LogP contribution in [0.15, 0.2) is 0 Å². The number of aliphatic hydroxyl groups is 1. The molecular formula is C22H36O2. The molecule has 2 nitrogen and oxygen atoms in total. The van der Waals surface area contributed by atoms with Gasteiger partial charge in [0.25, 0.3) is 0 Å². The molecule has 0 aliphatic heterocycles. The maximum atomic E-state index is 12.2. The van der Waals surface area contributed by atoms with Gasteiger partial charge in [-0.2, -0.15) is 0 Å². The Morgan fingerprint density at radius 3 is 2.33 bits per heavy atom. The number of ketones is 1. The average Bonchev–Trinajstić information content (AvgIpc) is 2.86. The van der Waals surface area contributed by atoms with Crippen molar-refractivity contribution < 1.29 is 9.90 Å². The molecule has 4 aliphatic rings. The first-order valence-electron chi connectivity index (χ1n) is 10.5. The fourth-order valence-electron chi connectivity index (χ4n) is 8.28. The van der Waals surface area contributed by atoms with Gasteiger partial charge in [-0.25, -0.2) is 0 Å². The lowest BCUT2D eigenvalue weighted by molar-refractivity contribution is -0.152. The molecule has 0 amide bonds. The second-order valence-corrected chi connectivity index (χ2v) is 10.4. The first-order chi connectivity index (χ1) is 11.3. The molecule has 0 aromatic heterocycles.